The molecule has 0 bridgehead atoms. The summed E-state index contributed by atoms with van der Waals surface area (Å²) >= 11 is 0. The zero-order valence-electron chi connectivity index (χ0n) is 17.6. The fraction of sp³-hybridized carbons (Fsp3) is 0.571. The van der Waals surface area contributed by atoms with Crippen LogP contribution in [-0.2, 0) is 4.79 Å². The van der Waals surface area contributed by atoms with Crippen LogP contribution >= 0.6 is 0 Å². The van der Waals surface area contributed by atoms with Crippen LogP contribution in [0, 0.1) is 0 Å². The highest BCUT2D eigenvalue weighted by molar-refractivity contribution is 5.84. The molecular weight excluding hydrogens is 346 g/mol. The van der Waals surface area contributed by atoms with Crippen LogP contribution in [0.15, 0.2) is 18.2 Å². The zero-order valence-corrected chi connectivity index (χ0v) is 17.6. The summed E-state index contributed by atoms with van der Waals surface area (Å²) in [5.74, 6) is 0.119. The lowest BCUT2D eigenvalue weighted by Crippen LogP contribution is -3.11. The molecule has 0 spiro atoms. The first kappa shape index (κ1) is 24.8. The smallest absolute Gasteiger partial charge is 0.203 e. The molecule has 1 N–H and O–H groups in total. The van der Waals surface area contributed by atoms with Gasteiger partial charge in [-0.1, -0.05) is 26.8 Å². The third-order valence-corrected chi connectivity index (χ3v) is 3.91. The number of benzene rings is 1. The van der Waals surface area contributed by atoms with Gasteiger partial charge in [0.1, 0.15) is 0 Å². The Morgan fingerprint density at radius 2 is 1.37 bits per heavy atom. The van der Waals surface area contributed by atoms with Crippen LogP contribution in [0.4, 0.5) is 0 Å². The lowest BCUT2D eigenvalue weighted by Gasteiger charge is -2.16. The fourth-order valence-electron chi connectivity index (χ4n) is 2.80. The molecule has 1 aromatic rings. The van der Waals surface area contributed by atoms with Crippen molar-refractivity contribution in [2.24, 2.45) is 0 Å². The maximum absolute atomic E-state index is 10.3. The molecule has 0 aliphatic carbocycles. The SMILES string of the molecule is CCC[NH+](CCC)CCC.COc1cc(C=CC(=O)[O-])cc(OC)c1OC. The number of carboxylic acid groups (broad SMARTS) is 1. The van der Waals surface area contributed by atoms with Gasteiger partial charge in [0.2, 0.25) is 5.75 Å². The molecule has 0 saturated heterocycles. The molecule has 0 amide bonds. The Morgan fingerprint density at radius 3 is 1.67 bits per heavy atom. The van der Waals surface area contributed by atoms with E-state index >= 15 is 0 Å². The molecular formula is C21H35NO5. The Morgan fingerprint density at radius 1 is 0.926 bits per heavy atom. The summed E-state index contributed by atoms with van der Waals surface area (Å²) in [7, 11) is 4.48. The average molecular weight is 382 g/mol. The van der Waals surface area contributed by atoms with E-state index in [0.717, 1.165) is 6.08 Å². The van der Waals surface area contributed by atoms with Crippen LogP contribution in [0.1, 0.15) is 45.6 Å². The molecule has 6 heteroatoms. The summed E-state index contributed by atoms with van der Waals surface area (Å²) in [4.78, 5) is 12.1. The third kappa shape index (κ3) is 9.89. The number of methoxy groups -OCH3 is 3. The summed E-state index contributed by atoms with van der Waals surface area (Å²) in [6.07, 6.45) is 6.31. The highest BCUT2D eigenvalue weighted by atomic mass is 16.5. The van der Waals surface area contributed by atoms with Crippen molar-refractivity contribution in [2.45, 2.75) is 40.0 Å². The molecule has 0 unspecified atom stereocenters. The maximum Gasteiger partial charge on any atom is 0.203 e. The number of rotatable bonds is 11. The van der Waals surface area contributed by atoms with Crippen LogP contribution in [0.2, 0.25) is 0 Å². The number of aliphatic carboxylic acids is 1. The summed E-state index contributed by atoms with van der Waals surface area (Å²) in [5, 5.41) is 10.3. The van der Waals surface area contributed by atoms with E-state index in [-0.39, 0.29) is 0 Å². The molecule has 0 aliphatic heterocycles. The van der Waals surface area contributed by atoms with Gasteiger partial charge in [-0.05, 0) is 43.0 Å². The lowest BCUT2D eigenvalue weighted by atomic mass is 10.1. The van der Waals surface area contributed by atoms with Gasteiger partial charge >= 0.3 is 0 Å². The number of carboxylic acids is 1. The molecule has 0 aromatic heterocycles. The average Bonchev–Trinajstić information content (AvgIpc) is 2.66. The normalized spacial score (nSPS) is 10.5. The molecule has 1 aromatic carbocycles. The highest BCUT2D eigenvalue weighted by Crippen LogP contribution is 2.38. The summed E-state index contributed by atoms with van der Waals surface area (Å²) < 4.78 is 15.4. The van der Waals surface area contributed by atoms with E-state index in [1.807, 2.05) is 0 Å². The minimum atomic E-state index is -1.27. The van der Waals surface area contributed by atoms with Crippen molar-refractivity contribution in [3.8, 4) is 17.2 Å². The number of hydrogen-bond donors (Lipinski definition) is 1. The van der Waals surface area contributed by atoms with E-state index in [0.29, 0.717) is 22.8 Å². The van der Waals surface area contributed by atoms with Gasteiger partial charge in [0.25, 0.3) is 0 Å². The minimum absolute atomic E-state index is 0.459. The predicted molar refractivity (Wildman–Crippen MR) is 107 cm³/mol. The van der Waals surface area contributed by atoms with E-state index < -0.39 is 5.97 Å². The first-order valence-electron chi connectivity index (χ1n) is 9.49. The van der Waals surface area contributed by atoms with Crippen molar-refractivity contribution in [1.82, 2.24) is 0 Å². The molecule has 0 radical (unpaired) electrons. The Kier molecular flexibility index (Phi) is 13.7. The second-order valence-corrected chi connectivity index (χ2v) is 6.11. The Balaban J connectivity index is 0.000000580. The fourth-order valence-corrected chi connectivity index (χ4v) is 2.80. The monoisotopic (exact) mass is 381 g/mol. The number of hydrogen-bond acceptors (Lipinski definition) is 5. The summed E-state index contributed by atoms with van der Waals surface area (Å²) in [6, 6.07) is 3.28. The van der Waals surface area contributed by atoms with Crippen molar-refractivity contribution >= 4 is 12.0 Å². The molecule has 6 nitrogen and oxygen atoms in total. The molecule has 0 aliphatic rings. The van der Waals surface area contributed by atoms with Crippen LogP contribution in [-0.4, -0.2) is 46.9 Å². The minimum Gasteiger partial charge on any atom is -0.545 e. The van der Waals surface area contributed by atoms with Gasteiger partial charge < -0.3 is 29.0 Å². The first-order chi connectivity index (χ1) is 13.0. The largest absolute Gasteiger partial charge is 0.545 e. The van der Waals surface area contributed by atoms with Crippen LogP contribution < -0.4 is 24.2 Å². The van der Waals surface area contributed by atoms with Crippen LogP contribution in [0.5, 0.6) is 17.2 Å². The number of carbonyl (C=O) groups is 1. The van der Waals surface area contributed by atoms with Crippen molar-refractivity contribution in [1.29, 1.82) is 0 Å². The topological polar surface area (TPSA) is 72.3 Å². The van der Waals surface area contributed by atoms with E-state index in [4.69, 9.17) is 14.2 Å². The molecule has 1 rings (SSSR count). The second-order valence-electron chi connectivity index (χ2n) is 6.11. The van der Waals surface area contributed by atoms with E-state index in [9.17, 15) is 9.90 Å². The summed E-state index contributed by atoms with van der Waals surface area (Å²) in [5.41, 5.74) is 0.615. The molecule has 0 heterocycles. The van der Waals surface area contributed by atoms with E-state index in [1.165, 1.54) is 66.3 Å². The van der Waals surface area contributed by atoms with Crippen molar-refractivity contribution in [3.63, 3.8) is 0 Å². The van der Waals surface area contributed by atoms with E-state index in [2.05, 4.69) is 20.8 Å². The lowest BCUT2D eigenvalue weighted by molar-refractivity contribution is -0.900. The summed E-state index contributed by atoms with van der Waals surface area (Å²) in [6.45, 7) is 10.9. The van der Waals surface area contributed by atoms with Gasteiger partial charge in [-0.25, -0.2) is 0 Å². The second kappa shape index (κ2) is 14.9. The molecule has 0 atom stereocenters. The predicted octanol–water partition coefficient (Wildman–Crippen LogP) is 1.58. The van der Waals surface area contributed by atoms with Gasteiger partial charge in [-0.15, -0.1) is 0 Å². The number of quaternary nitrogens is 1. The van der Waals surface area contributed by atoms with Gasteiger partial charge in [0, 0.05) is 0 Å². The molecule has 154 valence electrons. The Hall–Kier alpha value is -2.21. The zero-order chi connectivity index (χ0) is 20.7. The number of ether oxygens (including phenoxy) is 3. The van der Waals surface area contributed by atoms with Crippen LogP contribution in [0.3, 0.4) is 0 Å². The molecule has 0 saturated carbocycles. The third-order valence-electron chi connectivity index (χ3n) is 3.91. The molecule has 0 fully saturated rings. The van der Waals surface area contributed by atoms with Crippen molar-refractivity contribution in [3.05, 3.63) is 23.8 Å². The van der Waals surface area contributed by atoms with E-state index in [1.54, 1.807) is 17.0 Å². The first-order valence-corrected chi connectivity index (χ1v) is 9.49. The number of nitrogens with one attached hydrogen (secondary N) is 1. The quantitative estimate of drug-likeness (QED) is 0.589. The number of carbonyl (C=O) groups excluding carboxylic acids is 1. The van der Waals surface area contributed by atoms with Gasteiger partial charge in [-0.2, -0.15) is 0 Å². The van der Waals surface area contributed by atoms with Gasteiger partial charge in [0.05, 0.1) is 46.9 Å². The van der Waals surface area contributed by atoms with Gasteiger partial charge in [-0.3, -0.25) is 0 Å². The van der Waals surface area contributed by atoms with Gasteiger partial charge in [0.15, 0.2) is 11.5 Å². The van der Waals surface area contributed by atoms with Crippen molar-refractivity contribution in [2.75, 3.05) is 41.0 Å². The Bertz CT molecular complexity index is 532. The highest BCUT2D eigenvalue weighted by Gasteiger charge is 2.11. The molecule has 27 heavy (non-hydrogen) atoms. The Labute approximate surface area is 163 Å². The standard InChI is InChI=1S/C12H14O5.C9H21N/c1-15-9-6-8(4-5-11(13)14)7-10(16-2)12(9)17-3;1-4-7-10(8-5-2)9-6-3/h4-7H,1-3H3,(H,13,14);4-9H2,1-3H3. The van der Waals surface area contributed by atoms with Crippen molar-refractivity contribution < 1.29 is 29.0 Å². The van der Waals surface area contributed by atoms with Crippen LogP contribution in [0.25, 0.3) is 6.08 Å². The maximum atomic E-state index is 10.3.